The Bertz CT molecular complexity index is 629. The molecule has 1 N–H and O–H groups in total. The number of amides is 3. The number of aryl methyl sites for hydroxylation is 1. The highest BCUT2D eigenvalue weighted by Gasteiger charge is 2.52. The summed E-state index contributed by atoms with van der Waals surface area (Å²) in [7, 11) is 0. The van der Waals surface area contributed by atoms with Gasteiger partial charge in [-0.2, -0.15) is 0 Å². The van der Waals surface area contributed by atoms with Crippen molar-refractivity contribution in [2.24, 2.45) is 5.92 Å². The van der Waals surface area contributed by atoms with E-state index >= 15 is 0 Å². The number of nitrogens with zero attached hydrogens (tertiary/aromatic N) is 1. The van der Waals surface area contributed by atoms with E-state index in [4.69, 9.17) is 0 Å². The molecule has 2 aliphatic rings. The molecule has 6 heteroatoms. The van der Waals surface area contributed by atoms with Gasteiger partial charge < -0.3 is 5.32 Å². The van der Waals surface area contributed by atoms with E-state index in [-0.39, 0.29) is 18.2 Å². The number of thiophene rings is 1. The lowest BCUT2D eigenvalue weighted by atomic mass is 9.77. The molecule has 1 aromatic heterocycles. The summed E-state index contributed by atoms with van der Waals surface area (Å²) in [6.45, 7) is 3.92. The number of carbonyl (C=O) groups is 3. The van der Waals surface area contributed by atoms with E-state index < -0.39 is 11.6 Å². The number of Topliss-reactive ketones (excluding diaryl/α,β-unsaturated/α-hetero) is 1. The molecule has 1 aliphatic carbocycles. The molecule has 3 rings (SSSR count). The standard InChI is InChI=1S/C16H20N2O3S/c1-10-5-7-16(8-6-10)14(20)18(15(21)17-16)9-12(19)13-4-3-11(2)22-13/h3-4,10H,5-9H2,1-2H3,(H,17,21). The van der Waals surface area contributed by atoms with E-state index in [0.717, 1.165) is 22.6 Å². The average molecular weight is 320 g/mol. The monoisotopic (exact) mass is 320 g/mol. The lowest BCUT2D eigenvalue weighted by Crippen LogP contribution is -2.49. The molecular weight excluding hydrogens is 300 g/mol. The molecule has 0 radical (unpaired) electrons. The van der Waals surface area contributed by atoms with Gasteiger partial charge in [0.1, 0.15) is 5.54 Å². The van der Waals surface area contributed by atoms with Crippen LogP contribution >= 0.6 is 11.3 Å². The van der Waals surface area contributed by atoms with Gasteiger partial charge in [-0.05, 0) is 50.7 Å². The molecule has 1 aromatic rings. The van der Waals surface area contributed by atoms with Crippen LogP contribution in [0.5, 0.6) is 0 Å². The zero-order chi connectivity index (χ0) is 15.9. The minimum Gasteiger partial charge on any atom is -0.323 e. The zero-order valence-electron chi connectivity index (χ0n) is 12.8. The number of carbonyl (C=O) groups excluding carboxylic acids is 3. The van der Waals surface area contributed by atoms with Gasteiger partial charge in [-0.1, -0.05) is 6.92 Å². The topological polar surface area (TPSA) is 66.5 Å². The number of ketones is 1. The highest BCUT2D eigenvalue weighted by molar-refractivity contribution is 7.14. The van der Waals surface area contributed by atoms with Gasteiger partial charge in [-0.15, -0.1) is 11.3 Å². The summed E-state index contributed by atoms with van der Waals surface area (Å²) >= 11 is 1.39. The lowest BCUT2D eigenvalue weighted by molar-refractivity contribution is -0.132. The van der Waals surface area contributed by atoms with Gasteiger partial charge in [0.25, 0.3) is 5.91 Å². The van der Waals surface area contributed by atoms with Gasteiger partial charge >= 0.3 is 6.03 Å². The fourth-order valence-corrected chi connectivity index (χ4v) is 4.02. The summed E-state index contributed by atoms with van der Waals surface area (Å²) < 4.78 is 0. The normalized spacial score (nSPS) is 28.3. The lowest BCUT2D eigenvalue weighted by Gasteiger charge is -2.33. The van der Waals surface area contributed by atoms with Gasteiger partial charge in [0.15, 0.2) is 5.78 Å². The molecule has 0 atom stereocenters. The van der Waals surface area contributed by atoms with Crippen LogP contribution in [0.2, 0.25) is 0 Å². The van der Waals surface area contributed by atoms with Crippen molar-refractivity contribution in [2.75, 3.05) is 6.54 Å². The Morgan fingerprint density at radius 3 is 2.64 bits per heavy atom. The Morgan fingerprint density at radius 1 is 1.36 bits per heavy atom. The predicted octanol–water partition coefficient (Wildman–Crippen LogP) is 2.74. The van der Waals surface area contributed by atoms with Gasteiger partial charge in [0, 0.05) is 4.88 Å². The summed E-state index contributed by atoms with van der Waals surface area (Å²) in [5, 5.41) is 2.84. The van der Waals surface area contributed by atoms with Crippen LogP contribution in [0, 0.1) is 12.8 Å². The molecule has 3 amide bonds. The van der Waals surface area contributed by atoms with Crippen LogP contribution in [0.1, 0.15) is 47.2 Å². The highest BCUT2D eigenvalue weighted by Crippen LogP contribution is 2.36. The first-order valence-electron chi connectivity index (χ1n) is 7.65. The largest absolute Gasteiger partial charge is 0.325 e. The maximum absolute atomic E-state index is 12.7. The quantitative estimate of drug-likeness (QED) is 0.688. The molecule has 2 fully saturated rings. The molecule has 1 aliphatic heterocycles. The summed E-state index contributed by atoms with van der Waals surface area (Å²) in [6.07, 6.45) is 3.19. The fraction of sp³-hybridized carbons (Fsp3) is 0.562. The van der Waals surface area contributed by atoms with Gasteiger partial charge in [0.2, 0.25) is 0 Å². The maximum atomic E-state index is 12.7. The van der Waals surface area contributed by atoms with Crippen molar-refractivity contribution in [1.29, 1.82) is 0 Å². The summed E-state index contributed by atoms with van der Waals surface area (Å²) in [5.74, 6) is 0.175. The van der Waals surface area contributed by atoms with E-state index in [1.165, 1.54) is 11.3 Å². The number of urea groups is 1. The minimum atomic E-state index is -0.769. The molecule has 1 saturated carbocycles. The van der Waals surface area contributed by atoms with Crippen LogP contribution in [-0.2, 0) is 4.79 Å². The van der Waals surface area contributed by atoms with Gasteiger partial charge in [-0.25, -0.2) is 4.79 Å². The Morgan fingerprint density at radius 2 is 2.05 bits per heavy atom. The number of imide groups is 1. The Balaban J connectivity index is 1.73. The smallest absolute Gasteiger partial charge is 0.323 e. The molecule has 22 heavy (non-hydrogen) atoms. The molecule has 0 unspecified atom stereocenters. The molecule has 2 heterocycles. The summed E-state index contributed by atoms with van der Waals surface area (Å²) in [5.41, 5.74) is -0.769. The van der Waals surface area contributed by atoms with Gasteiger partial charge in [-0.3, -0.25) is 14.5 Å². The van der Waals surface area contributed by atoms with Crippen LogP contribution in [0.25, 0.3) is 0 Å². The number of rotatable bonds is 3. The Hall–Kier alpha value is -1.69. The van der Waals surface area contributed by atoms with Crippen molar-refractivity contribution in [3.63, 3.8) is 0 Å². The second-order valence-corrected chi connectivity index (χ2v) is 7.71. The van der Waals surface area contributed by atoms with E-state index in [1.54, 1.807) is 6.07 Å². The summed E-state index contributed by atoms with van der Waals surface area (Å²) in [6, 6.07) is 3.19. The number of hydrogen-bond acceptors (Lipinski definition) is 4. The Kier molecular flexibility index (Phi) is 3.80. The van der Waals surface area contributed by atoms with E-state index in [1.807, 2.05) is 13.0 Å². The maximum Gasteiger partial charge on any atom is 0.325 e. The average Bonchev–Trinajstić information content (AvgIpc) is 3.00. The third-order valence-electron chi connectivity index (χ3n) is 4.69. The van der Waals surface area contributed by atoms with E-state index in [9.17, 15) is 14.4 Å². The minimum absolute atomic E-state index is 0.165. The second kappa shape index (κ2) is 5.50. The molecule has 1 saturated heterocycles. The number of nitrogens with one attached hydrogen (secondary N) is 1. The zero-order valence-corrected chi connectivity index (χ0v) is 13.7. The van der Waals surface area contributed by atoms with Crippen LogP contribution in [0.15, 0.2) is 12.1 Å². The molecular formula is C16H20N2O3S. The van der Waals surface area contributed by atoms with Crippen LogP contribution in [-0.4, -0.2) is 34.7 Å². The van der Waals surface area contributed by atoms with E-state index in [0.29, 0.717) is 23.6 Å². The first-order valence-corrected chi connectivity index (χ1v) is 8.47. The predicted molar refractivity (Wildman–Crippen MR) is 84.0 cm³/mol. The number of hydrogen-bond donors (Lipinski definition) is 1. The third-order valence-corrected chi connectivity index (χ3v) is 5.73. The van der Waals surface area contributed by atoms with Crippen molar-refractivity contribution in [1.82, 2.24) is 10.2 Å². The van der Waals surface area contributed by atoms with Crippen molar-refractivity contribution < 1.29 is 14.4 Å². The van der Waals surface area contributed by atoms with Crippen LogP contribution in [0.4, 0.5) is 4.79 Å². The fourth-order valence-electron chi connectivity index (χ4n) is 3.22. The first-order chi connectivity index (χ1) is 10.4. The van der Waals surface area contributed by atoms with Crippen LogP contribution in [0.3, 0.4) is 0 Å². The first kappa shape index (κ1) is 15.2. The highest BCUT2D eigenvalue weighted by atomic mass is 32.1. The van der Waals surface area contributed by atoms with Gasteiger partial charge in [0.05, 0.1) is 11.4 Å². The molecule has 5 nitrogen and oxygen atoms in total. The van der Waals surface area contributed by atoms with Crippen molar-refractivity contribution in [3.05, 3.63) is 21.9 Å². The van der Waals surface area contributed by atoms with Crippen molar-refractivity contribution >= 4 is 29.1 Å². The van der Waals surface area contributed by atoms with Crippen LogP contribution < -0.4 is 5.32 Å². The molecule has 118 valence electrons. The Labute approximate surface area is 133 Å². The van der Waals surface area contributed by atoms with E-state index in [2.05, 4.69) is 12.2 Å². The molecule has 0 bridgehead atoms. The molecule has 0 aromatic carbocycles. The van der Waals surface area contributed by atoms with Crippen molar-refractivity contribution in [3.8, 4) is 0 Å². The third kappa shape index (κ3) is 2.56. The van der Waals surface area contributed by atoms with Crippen molar-refractivity contribution in [2.45, 2.75) is 45.1 Å². The second-order valence-electron chi connectivity index (χ2n) is 6.42. The molecule has 1 spiro atoms. The SMILES string of the molecule is Cc1ccc(C(=O)CN2C(=O)NC3(CCC(C)CC3)C2=O)s1. The summed E-state index contributed by atoms with van der Waals surface area (Å²) in [4.78, 5) is 39.8.